The Morgan fingerprint density at radius 1 is 1.06 bits per heavy atom. The van der Waals surface area contributed by atoms with Crippen LogP contribution in [-0.4, -0.2) is 47.4 Å². The SMILES string of the molecule is CCCC1(CCC)NC(=O)N(CC(=O)OCC(=O)Nc2ccc(C(C)(C)C)cc2)C1=O. The third-order valence-electron chi connectivity index (χ3n) is 5.29. The summed E-state index contributed by atoms with van der Waals surface area (Å²) in [5.74, 6) is -1.73. The number of hydrogen-bond donors (Lipinski definition) is 2. The molecule has 0 aliphatic carbocycles. The molecular weight excluding hydrogens is 398 g/mol. The zero-order valence-corrected chi connectivity index (χ0v) is 19.0. The summed E-state index contributed by atoms with van der Waals surface area (Å²) in [6.45, 7) is 9.14. The largest absolute Gasteiger partial charge is 0.454 e. The fourth-order valence-corrected chi connectivity index (χ4v) is 3.71. The van der Waals surface area contributed by atoms with E-state index in [4.69, 9.17) is 4.74 Å². The van der Waals surface area contributed by atoms with Crippen LogP contribution in [0.2, 0.25) is 0 Å². The third-order valence-corrected chi connectivity index (χ3v) is 5.29. The Labute approximate surface area is 183 Å². The first-order chi connectivity index (χ1) is 14.5. The monoisotopic (exact) mass is 431 g/mol. The molecule has 1 saturated heterocycles. The number of hydrogen-bond acceptors (Lipinski definition) is 5. The Morgan fingerprint density at radius 2 is 1.65 bits per heavy atom. The van der Waals surface area contributed by atoms with E-state index >= 15 is 0 Å². The second-order valence-corrected chi connectivity index (χ2v) is 8.94. The molecule has 1 heterocycles. The number of ether oxygens (including phenoxy) is 1. The molecule has 0 radical (unpaired) electrons. The molecule has 0 saturated carbocycles. The zero-order chi connectivity index (χ0) is 23.2. The lowest BCUT2D eigenvalue weighted by Crippen LogP contribution is -2.47. The third kappa shape index (κ3) is 6.06. The normalized spacial score (nSPS) is 15.6. The number of esters is 1. The number of nitrogens with one attached hydrogen (secondary N) is 2. The molecule has 8 heteroatoms. The van der Waals surface area contributed by atoms with Gasteiger partial charge < -0.3 is 15.4 Å². The summed E-state index contributed by atoms with van der Waals surface area (Å²) in [4.78, 5) is 50.2. The maximum Gasteiger partial charge on any atom is 0.326 e. The molecule has 170 valence electrons. The highest BCUT2D eigenvalue weighted by Gasteiger charge is 2.50. The number of rotatable bonds is 9. The average molecular weight is 432 g/mol. The Kier molecular flexibility index (Phi) is 7.81. The molecule has 2 rings (SSSR count). The smallest absolute Gasteiger partial charge is 0.326 e. The van der Waals surface area contributed by atoms with Crippen molar-refractivity contribution in [3.8, 4) is 0 Å². The Morgan fingerprint density at radius 3 is 2.16 bits per heavy atom. The minimum absolute atomic E-state index is 0.00319. The van der Waals surface area contributed by atoms with Gasteiger partial charge >= 0.3 is 12.0 Å². The highest BCUT2D eigenvalue weighted by Crippen LogP contribution is 2.28. The number of carbonyl (C=O) groups excluding carboxylic acids is 4. The van der Waals surface area contributed by atoms with Crippen molar-refractivity contribution in [2.75, 3.05) is 18.5 Å². The molecule has 0 aromatic heterocycles. The molecule has 0 spiro atoms. The van der Waals surface area contributed by atoms with Crippen LogP contribution in [0.1, 0.15) is 65.9 Å². The highest BCUT2D eigenvalue weighted by molar-refractivity contribution is 6.08. The van der Waals surface area contributed by atoms with E-state index < -0.39 is 42.5 Å². The van der Waals surface area contributed by atoms with E-state index in [1.165, 1.54) is 0 Å². The van der Waals surface area contributed by atoms with Gasteiger partial charge in [0.15, 0.2) is 6.61 Å². The number of benzene rings is 1. The van der Waals surface area contributed by atoms with E-state index in [-0.39, 0.29) is 5.41 Å². The molecular formula is C23H33N3O5. The summed E-state index contributed by atoms with van der Waals surface area (Å²) in [7, 11) is 0. The van der Waals surface area contributed by atoms with Gasteiger partial charge in [0.2, 0.25) is 0 Å². The summed E-state index contributed by atoms with van der Waals surface area (Å²) < 4.78 is 4.98. The van der Waals surface area contributed by atoms with Crippen molar-refractivity contribution < 1.29 is 23.9 Å². The van der Waals surface area contributed by atoms with Crippen LogP contribution >= 0.6 is 0 Å². The topological polar surface area (TPSA) is 105 Å². The standard InChI is InChI=1S/C23H33N3O5/c1-6-12-23(13-7-2)20(29)26(21(30)25-23)14-19(28)31-15-18(27)24-17-10-8-16(9-11-17)22(3,4)5/h8-11H,6-7,12-15H2,1-5H3,(H,24,27)(H,25,30). The van der Waals surface area contributed by atoms with Crippen LogP contribution in [0.4, 0.5) is 10.5 Å². The molecule has 1 aromatic carbocycles. The van der Waals surface area contributed by atoms with Crippen molar-refractivity contribution >= 4 is 29.5 Å². The van der Waals surface area contributed by atoms with Gasteiger partial charge in [-0.1, -0.05) is 59.6 Å². The fraction of sp³-hybridized carbons (Fsp3) is 0.565. The minimum atomic E-state index is -0.961. The number of carbonyl (C=O) groups is 4. The van der Waals surface area contributed by atoms with Crippen molar-refractivity contribution in [1.29, 1.82) is 0 Å². The molecule has 0 atom stereocenters. The second kappa shape index (κ2) is 9.94. The fourth-order valence-electron chi connectivity index (χ4n) is 3.71. The molecule has 0 bridgehead atoms. The molecule has 1 fully saturated rings. The van der Waals surface area contributed by atoms with Crippen LogP contribution in [0.15, 0.2) is 24.3 Å². The van der Waals surface area contributed by atoms with Crippen molar-refractivity contribution in [3.05, 3.63) is 29.8 Å². The summed E-state index contributed by atoms with van der Waals surface area (Å²) in [5.41, 5.74) is 0.764. The lowest BCUT2D eigenvalue weighted by molar-refractivity contribution is -0.150. The molecule has 1 aliphatic heterocycles. The van der Waals surface area contributed by atoms with E-state index in [9.17, 15) is 19.2 Å². The lowest BCUT2D eigenvalue weighted by atomic mass is 9.87. The number of nitrogens with zero attached hydrogens (tertiary/aromatic N) is 1. The van der Waals surface area contributed by atoms with Gasteiger partial charge in [-0.2, -0.15) is 0 Å². The van der Waals surface area contributed by atoms with Crippen LogP contribution in [0.5, 0.6) is 0 Å². The van der Waals surface area contributed by atoms with Crippen molar-refractivity contribution in [3.63, 3.8) is 0 Å². The van der Waals surface area contributed by atoms with Crippen molar-refractivity contribution in [2.24, 2.45) is 0 Å². The number of urea groups is 1. The van der Waals surface area contributed by atoms with Gasteiger partial charge in [0.25, 0.3) is 11.8 Å². The first-order valence-electron chi connectivity index (χ1n) is 10.7. The first kappa shape index (κ1) is 24.4. The van der Waals surface area contributed by atoms with Gasteiger partial charge in [0, 0.05) is 5.69 Å². The molecule has 0 unspecified atom stereocenters. The van der Waals surface area contributed by atoms with Crippen molar-refractivity contribution in [1.82, 2.24) is 10.2 Å². The maximum absolute atomic E-state index is 12.8. The van der Waals surface area contributed by atoms with Gasteiger partial charge in [-0.15, -0.1) is 0 Å². The molecule has 1 aliphatic rings. The van der Waals surface area contributed by atoms with E-state index in [0.717, 1.165) is 23.3 Å². The first-order valence-corrected chi connectivity index (χ1v) is 10.7. The maximum atomic E-state index is 12.8. The lowest BCUT2D eigenvalue weighted by Gasteiger charge is -2.25. The highest BCUT2D eigenvalue weighted by atomic mass is 16.5. The number of amides is 4. The van der Waals surface area contributed by atoms with Crippen LogP contribution in [-0.2, 0) is 24.5 Å². The summed E-state index contributed by atoms with van der Waals surface area (Å²) in [6.07, 6.45) is 2.46. The minimum Gasteiger partial charge on any atom is -0.454 e. The van der Waals surface area contributed by atoms with Gasteiger partial charge in [-0.25, -0.2) is 4.79 Å². The number of imide groups is 1. The summed E-state index contributed by atoms with van der Waals surface area (Å²) in [6, 6.07) is 6.83. The van der Waals surface area contributed by atoms with Crippen molar-refractivity contribution in [2.45, 2.75) is 71.3 Å². The van der Waals surface area contributed by atoms with E-state index in [2.05, 4.69) is 31.4 Å². The predicted molar refractivity (Wildman–Crippen MR) is 118 cm³/mol. The molecule has 4 amide bonds. The molecule has 2 N–H and O–H groups in total. The molecule has 1 aromatic rings. The summed E-state index contributed by atoms with van der Waals surface area (Å²) >= 11 is 0. The zero-order valence-electron chi connectivity index (χ0n) is 19.0. The Hall–Kier alpha value is -2.90. The van der Waals surface area contributed by atoms with Crippen LogP contribution in [0, 0.1) is 0 Å². The van der Waals surface area contributed by atoms with Crippen LogP contribution in [0.3, 0.4) is 0 Å². The Balaban J connectivity index is 1.88. The predicted octanol–water partition coefficient (Wildman–Crippen LogP) is 3.36. The van der Waals surface area contributed by atoms with Crippen LogP contribution in [0.25, 0.3) is 0 Å². The van der Waals surface area contributed by atoms with Gasteiger partial charge in [0.1, 0.15) is 12.1 Å². The Bertz CT molecular complexity index is 821. The second-order valence-electron chi connectivity index (χ2n) is 8.94. The molecule has 8 nitrogen and oxygen atoms in total. The van der Waals surface area contributed by atoms with E-state index in [1.807, 2.05) is 26.0 Å². The van der Waals surface area contributed by atoms with Gasteiger partial charge in [-0.3, -0.25) is 19.3 Å². The van der Waals surface area contributed by atoms with E-state index in [1.54, 1.807) is 12.1 Å². The van der Waals surface area contributed by atoms with Gasteiger partial charge in [0.05, 0.1) is 0 Å². The molecule has 31 heavy (non-hydrogen) atoms. The summed E-state index contributed by atoms with van der Waals surface area (Å²) in [5, 5.41) is 5.40. The van der Waals surface area contributed by atoms with E-state index in [0.29, 0.717) is 18.5 Å². The van der Waals surface area contributed by atoms with Crippen LogP contribution < -0.4 is 10.6 Å². The average Bonchev–Trinajstić information content (AvgIpc) is 2.91. The number of anilines is 1. The quantitative estimate of drug-likeness (QED) is 0.461. The van der Waals surface area contributed by atoms with Gasteiger partial charge in [-0.05, 0) is 36.0 Å².